The first-order valence-electron chi connectivity index (χ1n) is 15.1. The van der Waals surface area contributed by atoms with E-state index in [2.05, 4.69) is 88.4 Å². The Kier molecular flexibility index (Phi) is 44.4. The van der Waals surface area contributed by atoms with E-state index in [1.165, 1.54) is 103 Å². The van der Waals surface area contributed by atoms with Crippen LogP contribution in [0.2, 0.25) is 0 Å². The molecule has 0 unspecified atom stereocenters. The Balaban J connectivity index is -0.000000146. The Morgan fingerprint density at radius 2 is 0.394 bits per heavy atom. The fourth-order valence-electron chi connectivity index (χ4n) is 1.76. The molecule has 0 aromatic rings. The van der Waals surface area contributed by atoms with Crippen LogP contribution in [0, 0.1) is 23.7 Å². The van der Waals surface area contributed by atoms with Gasteiger partial charge in [-0.2, -0.15) is 0 Å². The Hall–Kier alpha value is -0.0400. The summed E-state index contributed by atoms with van der Waals surface area (Å²) < 4.78 is 0. The van der Waals surface area contributed by atoms with E-state index in [1.807, 2.05) is 0 Å². The Morgan fingerprint density at radius 3 is 0.455 bits per heavy atom. The molecule has 3 aliphatic carbocycles. The van der Waals surface area contributed by atoms with Gasteiger partial charge >= 0.3 is 0 Å². The summed E-state index contributed by atoms with van der Waals surface area (Å²) in [5, 5.41) is 3.22. The number of rotatable bonds is 0. The highest BCUT2D eigenvalue weighted by molar-refractivity contribution is 4.55. The smallest absolute Gasteiger partial charge is 0.00484 e. The van der Waals surface area contributed by atoms with Crippen molar-refractivity contribution in [2.75, 3.05) is 13.1 Å². The number of hydrogen-bond donors (Lipinski definition) is 1. The molecule has 0 bridgehead atoms. The molecule has 0 aromatic heterocycles. The van der Waals surface area contributed by atoms with Crippen molar-refractivity contribution < 1.29 is 0 Å². The van der Waals surface area contributed by atoms with Crippen molar-refractivity contribution in [1.29, 1.82) is 0 Å². The van der Waals surface area contributed by atoms with Gasteiger partial charge in [0.2, 0.25) is 0 Å². The van der Waals surface area contributed by atoms with Gasteiger partial charge in [-0.3, -0.25) is 0 Å². The summed E-state index contributed by atoms with van der Waals surface area (Å²) >= 11 is 0. The lowest BCUT2D eigenvalue weighted by molar-refractivity contribution is 0.504. The zero-order chi connectivity index (χ0) is 26.3. The topological polar surface area (TPSA) is 12.0 Å². The van der Waals surface area contributed by atoms with Crippen LogP contribution in [0.4, 0.5) is 0 Å². The molecular weight excluding hydrogens is 398 g/mol. The minimum Gasteiger partial charge on any atom is -0.317 e. The molecule has 0 radical (unpaired) electrons. The highest BCUT2D eigenvalue weighted by atomic mass is 14.9. The molecule has 4 fully saturated rings. The van der Waals surface area contributed by atoms with Gasteiger partial charge in [0.05, 0.1) is 0 Å². The van der Waals surface area contributed by atoms with Gasteiger partial charge in [-0.25, -0.2) is 0 Å². The molecule has 33 heavy (non-hydrogen) atoms. The first kappa shape index (κ1) is 40.1. The van der Waals surface area contributed by atoms with Crippen LogP contribution >= 0.6 is 0 Å². The van der Waals surface area contributed by atoms with Crippen molar-refractivity contribution in [3.8, 4) is 0 Å². The zero-order valence-electron chi connectivity index (χ0n) is 26.1. The SMILES string of the molecule is C1CC1.C1CCC1.C1CCCC1.C1CCNC1.CC(C)C.CC(C)C.CC(C)C.CC(C)C. The van der Waals surface area contributed by atoms with E-state index in [9.17, 15) is 0 Å². The minimum atomic E-state index is 0.833. The molecule has 1 N–H and O–H groups in total. The molecule has 1 saturated heterocycles. The van der Waals surface area contributed by atoms with E-state index in [0.717, 1.165) is 23.7 Å². The van der Waals surface area contributed by atoms with E-state index in [0.29, 0.717) is 0 Å². The molecule has 0 spiro atoms. The maximum Gasteiger partial charge on any atom is -0.00484 e. The second-order valence-corrected chi connectivity index (χ2v) is 12.6. The van der Waals surface area contributed by atoms with Crippen LogP contribution in [0.3, 0.4) is 0 Å². The fourth-order valence-corrected chi connectivity index (χ4v) is 1.76. The molecule has 1 aliphatic heterocycles. The van der Waals surface area contributed by atoms with E-state index in [1.54, 1.807) is 0 Å². The lowest BCUT2D eigenvalue weighted by Crippen LogP contribution is -2.03. The van der Waals surface area contributed by atoms with Crippen LogP contribution in [-0.2, 0) is 0 Å². The molecule has 4 aliphatic rings. The normalized spacial score (nSPS) is 16.7. The van der Waals surface area contributed by atoms with Crippen LogP contribution in [0.25, 0.3) is 0 Å². The third kappa shape index (κ3) is 128. The Labute approximate surface area is 215 Å². The summed E-state index contributed by atoms with van der Waals surface area (Å²) in [6.45, 7) is 28.5. The summed E-state index contributed by atoms with van der Waals surface area (Å²) in [5.74, 6) is 3.33. The van der Waals surface area contributed by atoms with Gasteiger partial charge in [-0.15, -0.1) is 0 Å². The maximum atomic E-state index is 3.22. The maximum absolute atomic E-state index is 3.22. The second kappa shape index (κ2) is 36.5. The molecule has 4 rings (SSSR count). The molecule has 1 heteroatoms. The number of hydrogen-bond acceptors (Lipinski definition) is 1. The predicted molar refractivity (Wildman–Crippen MR) is 160 cm³/mol. The van der Waals surface area contributed by atoms with Crippen LogP contribution in [0.1, 0.15) is 173 Å². The van der Waals surface area contributed by atoms with Gasteiger partial charge in [0.25, 0.3) is 0 Å². The van der Waals surface area contributed by atoms with E-state index < -0.39 is 0 Å². The third-order valence-corrected chi connectivity index (χ3v) is 3.56. The largest absolute Gasteiger partial charge is 0.317 e. The van der Waals surface area contributed by atoms with Gasteiger partial charge in [0.1, 0.15) is 0 Å². The van der Waals surface area contributed by atoms with Crippen molar-refractivity contribution >= 4 is 0 Å². The standard InChI is InChI=1S/C5H10.C4H9N.C4H8.4C4H10.C3H6/c2*1-2-4-5-3-1;1-2-4-3-1;4*1-4(2)3;1-2-3-1/h1-5H2;5H,1-4H2;1-4H2;4*4H,1-3H3;1-3H2. The van der Waals surface area contributed by atoms with E-state index in [-0.39, 0.29) is 0 Å². The van der Waals surface area contributed by atoms with Crippen LogP contribution in [-0.4, -0.2) is 13.1 Å². The third-order valence-electron chi connectivity index (χ3n) is 3.56. The van der Waals surface area contributed by atoms with Gasteiger partial charge in [-0.05, 0) is 49.6 Å². The molecule has 0 aromatic carbocycles. The van der Waals surface area contributed by atoms with Crippen LogP contribution < -0.4 is 5.32 Å². The van der Waals surface area contributed by atoms with E-state index >= 15 is 0 Å². The lowest BCUT2D eigenvalue weighted by Gasteiger charge is -2.05. The second-order valence-electron chi connectivity index (χ2n) is 12.6. The lowest BCUT2D eigenvalue weighted by atomic mass is 10.0. The first-order valence-corrected chi connectivity index (χ1v) is 15.1. The van der Waals surface area contributed by atoms with E-state index in [4.69, 9.17) is 0 Å². The summed E-state index contributed by atoms with van der Waals surface area (Å²) in [6, 6.07) is 0. The van der Waals surface area contributed by atoms with Gasteiger partial charge < -0.3 is 5.32 Å². The summed E-state index contributed by atoms with van der Waals surface area (Å²) in [5.41, 5.74) is 0. The molecular formula is C32H73N. The molecule has 0 atom stereocenters. The average molecular weight is 472 g/mol. The number of nitrogens with one attached hydrogen (secondary N) is 1. The van der Waals surface area contributed by atoms with Crippen LogP contribution in [0.5, 0.6) is 0 Å². The predicted octanol–water partition coefficient (Wildman–Crippen LogP) is 11.7. The van der Waals surface area contributed by atoms with Crippen molar-refractivity contribution in [2.45, 2.75) is 173 Å². The highest BCUT2D eigenvalue weighted by Crippen LogP contribution is 2.15. The molecule has 3 saturated carbocycles. The highest BCUT2D eigenvalue weighted by Gasteiger charge is 1.96. The molecule has 0 amide bonds. The summed E-state index contributed by atoms with van der Waals surface area (Å²) in [6.07, 6.45) is 20.8. The van der Waals surface area contributed by atoms with Crippen molar-refractivity contribution in [3.63, 3.8) is 0 Å². The molecule has 206 valence electrons. The zero-order valence-corrected chi connectivity index (χ0v) is 26.1. The Bertz CT molecular complexity index is 199. The average Bonchev–Trinajstić information content (AvgIpc) is 3.13. The minimum absolute atomic E-state index is 0.833. The van der Waals surface area contributed by atoms with Crippen molar-refractivity contribution in [1.82, 2.24) is 5.32 Å². The first-order chi connectivity index (χ1) is 15.4. The molecule has 1 nitrogen and oxygen atoms in total. The van der Waals surface area contributed by atoms with Gasteiger partial charge in [0.15, 0.2) is 0 Å². The fraction of sp³-hybridized carbons (Fsp3) is 1.00. The van der Waals surface area contributed by atoms with Gasteiger partial charge in [-0.1, -0.05) is 160 Å². The quantitative estimate of drug-likeness (QED) is 0.370. The monoisotopic (exact) mass is 472 g/mol. The molecule has 1 heterocycles. The van der Waals surface area contributed by atoms with Crippen molar-refractivity contribution in [3.05, 3.63) is 0 Å². The van der Waals surface area contributed by atoms with Gasteiger partial charge in [0, 0.05) is 0 Å². The summed E-state index contributed by atoms with van der Waals surface area (Å²) in [4.78, 5) is 0. The Morgan fingerprint density at radius 1 is 0.273 bits per heavy atom. The summed E-state index contributed by atoms with van der Waals surface area (Å²) in [7, 11) is 0. The van der Waals surface area contributed by atoms with Crippen LogP contribution in [0.15, 0.2) is 0 Å². The van der Waals surface area contributed by atoms with Crippen molar-refractivity contribution in [2.24, 2.45) is 23.7 Å².